The Morgan fingerprint density at radius 2 is 2.05 bits per heavy atom. The van der Waals surface area contributed by atoms with Crippen LogP contribution in [-0.2, 0) is 4.79 Å². The van der Waals surface area contributed by atoms with E-state index in [1.807, 2.05) is 6.92 Å². The summed E-state index contributed by atoms with van der Waals surface area (Å²) in [4.78, 5) is 22.6. The van der Waals surface area contributed by atoms with E-state index in [1.165, 1.54) is 0 Å². The molecule has 0 bridgehead atoms. The molecular formula is C16H23NO4. The molecule has 1 amide bonds. The van der Waals surface area contributed by atoms with E-state index >= 15 is 0 Å². The zero-order chi connectivity index (χ0) is 15.8. The molecule has 0 aromatic heterocycles. The van der Waals surface area contributed by atoms with Crippen molar-refractivity contribution in [1.82, 2.24) is 5.32 Å². The first-order valence-electron chi connectivity index (χ1n) is 7.17. The van der Waals surface area contributed by atoms with Crippen LogP contribution in [0.1, 0.15) is 44.0 Å². The molecule has 1 aromatic carbocycles. The largest absolute Gasteiger partial charge is 0.482 e. The summed E-state index contributed by atoms with van der Waals surface area (Å²) in [5.74, 6) is -0.288. The van der Waals surface area contributed by atoms with Crippen LogP contribution in [0, 0.1) is 5.92 Å². The van der Waals surface area contributed by atoms with Gasteiger partial charge < -0.3 is 15.2 Å². The lowest BCUT2D eigenvalue weighted by atomic mass is 10.00. The Labute approximate surface area is 125 Å². The van der Waals surface area contributed by atoms with Crippen LogP contribution in [0.4, 0.5) is 0 Å². The number of rotatable bonds is 8. The molecule has 2 unspecified atom stereocenters. The molecule has 0 aliphatic carbocycles. The van der Waals surface area contributed by atoms with Crippen LogP contribution in [0.2, 0.25) is 0 Å². The van der Waals surface area contributed by atoms with E-state index in [4.69, 9.17) is 9.84 Å². The highest BCUT2D eigenvalue weighted by molar-refractivity contribution is 5.94. The zero-order valence-electron chi connectivity index (χ0n) is 12.8. The van der Waals surface area contributed by atoms with Gasteiger partial charge in [-0.1, -0.05) is 26.3 Å². The average molecular weight is 293 g/mol. The Kier molecular flexibility index (Phi) is 6.72. The number of carbonyl (C=O) groups excluding carboxylic acids is 1. The predicted molar refractivity (Wildman–Crippen MR) is 80.6 cm³/mol. The first kappa shape index (κ1) is 17.0. The van der Waals surface area contributed by atoms with Crippen molar-refractivity contribution in [3.05, 3.63) is 29.8 Å². The van der Waals surface area contributed by atoms with Crippen molar-refractivity contribution in [2.45, 2.75) is 39.7 Å². The number of carboxylic acid groups (broad SMARTS) is 1. The van der Waals surface area contributed by atoms with Crippen molar-refractivity contribution in [3.8, 4) is 5.75 Å². The van der Waals surface area contributed by atoms with Gasteiger partial charge in [-0.05, 0) is 37.5 Å². The zero-order valence-corrected chi connectivity index (χ0v) is 12.8. The topological polar surface area (TPSA) is 75.6 Å². The summed E-state index contributed by atoms with van der Waals surface area (Å²) in [7, 11) is 0. The third-order valence-electron chi connectivity index (χ3n) is 3.29. The average Bonchev–Trinajstić information content (AvgIpc) is 2.45. The van der Waals surface area contributed by atoms with E-state index in [-0.39, 0.29) is 11.9 Å². The summed E-state index contributed by atoms with van der Waals surface area (Å²) >= 11 is 0. The molecule has 2 atom stereocenters. The van der Waals surface area contributed by atoms with Gasteiger partial charge in [0.2, 0.25) is 0 Å². The number of benzene rings is 1. The standard InChI is InChI=1S/C16H23NO4/c1-4-11(2)8-12(3)17-16(20)13-6-5-7-14(9-13)21-10-15(18)19/h5-7,9,11-12H,4,8,10H2,1-3H3,(H,17,20)(H,18,19). The van der Waals surface area contributed by atoms with Gasteiger partial charge >= 0.3 is 5.97 Å². The maximum atomic E-state index is 12.1. The van der Waals surface area contributed by atoms with Gasteiger partial charge in [0.1, 0.15) is 5.75 Å². The number of hydrogen-bond donors (Lipinski definition) is 2. The molecule has 2 N–H and O–H groups in total. The lowest BCUT2D eigenvalue weighted by molar-refractivity contribution is -0.139. The van der Waals surface area contributed by atoms with Gasteiger partial charge in [0.25, 0.3) is 5.91 Å². The van der Waals surface area contributed by atoms with Crippen LogP contribution in [0.5, 0.6) is 5.75 Å². The molecule has 0 heterocycles. The Morgan fingerprint density at radius 3 is 2.67 bits per heavy atom. The van der Waals surface area contributed by atoms with Gasteiger partial charge in [0.05, 0.1) is 0 Å². The van der Waals surface area contributed by atoms with Crippen molar-refractivity contribution < 1.29 is 19.4 Å². The minimum atomic E-state index is -1.05. The van der Waals surface area contributed by atoms with Gasteiger partial charge in [-0.2, -0.15) is 0 Å². The fourth-order valence-corrected chi connectivity index (χ4v) is 2.01. The highest BCUT2D eigenvalue weighted by Gasteiger charge is 2.13. The van der Waals surface area contributed by atoms with Crippen LogP contribution >= 0.6 is 0 Å². The van der Waals surface area contributed by atoms with Crippen molar-refractivity contribution in [1.29, 1.82) is 0 Å². The summed E-state index contributed by atoms with van der Waals surface area (Å²) < 4.78 is 5.07. The fourth-order valence-electron chi connectivity index (χ4n) is 2.01. The van der Waals surface area contributed by atoms with E-state index < -0.39 is 12.6 Å². The van der Waals surface area contributed by atoms with Crippen molar-refractivity contribution >= 4 is 11.9 Å². The number of hydrogen-bond acceptors (Lipinski definition) is 3. The van der Waals surface area contributed by atoms with Gasteiger partial charge in [-0.25, -0.2) is 4.79 Å². The summed E-state index contributed by atoms with van der Waals surface area (Å²) in [6, 6.07) is 6.62. The maximum absolute atomic E-state index is 12.1. The third kappa shape index (κ3) is 6.29. The highest BCUT2D eigenvalue weighted by atomic mass is 16.5. The number of carbonyl (C=O) groups is 2. The first-order valence-corrected chi connectivity index (χ1v) is 7.17. The normalized spacial score (nSPS) is 13.3. The number of aliphatic carboxylic acids is 1. The molecule has 1 rings (SSSR count). The summed E-state index contributed by atoms with van der Waals surface area (Å²) in [5, 5.41) is 11.5. The quantitative estimate of drug-likeness (QED) is 0.772. The Balaban J connectivity index is 2.61. The van der Waals surface area contributed by atoms with E-state index in [9.17, 15) is 9.59 Å². The van der Waals surface area contributed by atoms with Gasteiger partial charge in [0, 0.05) is 11.6 Å². The van der Waals surface area contributed by atoms with Crippen LogP contribution in [0.25, 0.3) is 0 Å². The smallest absolute Gasteiger partial charge is 0.341 e. The molecule has 1 aromatic rings. The minimum Gasteiger partial charge on any atom is -0.482 e. The number of amides is 1. The molecule has 0 fully saturated rings. The molecule has 0 aliphatic rings. The van der Waals surface area contributed by atoms with E-state index in [0.29, 0.717) is 17.2 Å². The summed E-state index contributed by atoms with van der Waals surface area (Å²) in [6.07, 6.45) is 2.01. The van der Waals surface area contributed by atoms with Crippen LogP contribution < -0.4 is 10.1 Å². The Morgan fingerprint density at radius 1 is 1.33 bits per heavy atom. The maximum Gasteiger partial charge on any atom is 0.341 e. The van der Waals surface area contributed by atoms with Crippen LogP contribution in [0.15, 0.2) is 24.3 Å². The van der Waals surface area contributed by atoms with E-state index in [1.54, 1.807) is 24.3 Å². The van der Waals surface area contributed by atoms with E-state index in [0.717, 1.165) is 12.8 Å². The SMILES string of the molecule is CCC(C)CC(C)NC(=O)c1cccc(OCC(=O)O)c1. The van der Waals surface area contributed by atoms with Crippen LogP contribution in [-0.4, -0.2) is 29.6 Å². The second-order valence-electron chi connectivity index (χ2n) is 5.33. The lowest BCUT2D eigenvalue weighted by Gasteiger charge is -2.17. The molecule has 0 radical (unpaired) electrons. The molecule has 21 heavy (non-hydrogen) atoms. The number of carboxylic acids is 1. The molecule has 0 saturated carbocycles. The van der Waals surface area contributed by atoms with E-state index in [2.05, 4.69) is 19.2 Å². The Bertz CT molecular complexity index is 487. The predicted octanol–water partition coefficient (Wildman–Crippen LogP) is 2.70. The van der Waals surface area contributed by atoms with Crippen LogP contribution in [0.3, 0.4) is 0 Å². The van der Waals surface area contributed by atoms with Gasteiger partial charge in [0.15, 0.2) is 6.61 Å². The number of ether oxygens (including phenoxy) is 1. The fraction of sp³-hybridized carbons (Fsp3) is 0.500. The highest BCUT2D eigenvalue weighted by Crippen LogP contribution is 2.14. The van der Waals surface area contributed by atoms with Gasteiger partial charge in [-0.3, -0.25) is 4.79 Å². The molecule has 5 heteroatoms. The van der Waals surface area contributed by atoms with Crippen molar-refractivity contribution in [3.63, 3.8) is 0 Å². The second-order valence-corrected chi connectivity index (χ2v) is 5.33. The molecule has 116 valence electrons. The van der Waals surface area contributed by atoms with Gasteiger partial charge in [-0.15, -0.1) is 0 Å². The third-order valence-corrected chi connectivity index (χ3v) is 3.29. The molecule has 0 spiro atoms. The summed E-state index contributed by atoms with van der Waals surface area (Å²) in [6.45, 7) is 5.84. The first-order chi connectivity index (χ1) is 9.92. The molecule has 0 saturated heterocycles. The Hall–Kier alpha value is -2.04. The van der Waals surface area contributed by atoms with Crippen molar-refractivity contribution in [2.75, 3.05) is 6.61 Å². The monoisotopic (exact) mass is 293 g/mol. The minimum absolute atomic E-state index is 0.0936. The summed E-state index contributed by atoms with van der Waals surface area (Å²) in [5.41, 5.74) is 0.467. The lowest BCUT2D eigenvalue weighted by Crippen LogP contribution is -2.33. The molecule has 5 nitrogen and oxygen atoms in total. The number of nitrogens with one attached hydrogen (secondary N) is 1. The van der Waals surface area contributed by atoms with Crippen molar-refractivity contribution in [2.24, 2.45) is 5.92 Å². The second kappa shape index (κ2) is 8.29. The molecule has 0 aliphatic heterocycles. The molecular weight excluding hydrogens is 270 g/mol.